The van der Waals surface area contributed by atoms with E-state index < -0.39 is 6.10 Å². The summed E-state index contributed by atoms with van der Waals surface area (Å²) in [6.45, 7) is 6.64. The number of hydrogen-bond donors (Lipinski definition) is 0. The van der Waals surface area contributed by atoms with Crippen molar-refractivity contribution in [2.24, 2.45) is 0 Å². The number of unbranched alkanes of at least 4 members (excludes halogenated alkanes) is 40. The summed E-state index contributed by atoms with van der Waals surface area (Å²) in [7, 11) is 0. The highest BCUT2D eigenvalue weighted by molar-refractivity contribution is 5.71. The van der Waals surface area contributed by atoms with E-state index in [-0.39, 0.29) is 31.1 Å². The number of carbonyl (C=O) groups excluding carboxylic acids is 3. The quantitative estimate of drug-likeness (QED) is 0.0261. The molecule has 6 nitrogen and oxygen atoms in total. The van der Waals surface area contributed by atoms with Crippen LogP contribution >= 0.6 is 0 Å². The van der Waals surface area contributed by atoms with Gasteiger partial charge in [-0.15, -0.1) is 0 Å². The predicted octanol–water partition coefficient (Wildman–Crippen LogP) is 22.7. The van der Waals surface area contributed by atoms with E-state index in [0.717, 1.165) is 89.9 Å². The summed E-state index contributed by atoms with van der Waals surface area (Å²) < 4.78 is 17.0. The predicted molar refractivity (Wildman–Crippen MR) is 330 cm³/mol. The van der Waals surface area contributed by atoms with Crippen LogP contribution in [0.15, 0.2) is 60.8 Å². The van der Waals surface area contributed by atoms with Crippen LogP contribution in [-0.4, -0.2) is 37.2 Å². The van der Waals surface area contributed by atoms with Crippen molar-refractivity contribution in [2.45, 2.75) is 354 Å². The summed E-state index contributed by atoms with van der Waals surface area (Å²) in [5.41, 5.74) is 0. The van der Waals surface area contributed by atoms with Crippen molar-refractivity contribution in [1.29, 1.82) is 0 Å². The van der Waals surface area contributed by atoms with Crippen molar-refractivity contribution >= 4 is 17.9 Å². The van der Waals surface area contributed by atoms with Gasteiger partial charge in [0, 0.05) is 19.3 Å². The molecular weight excluding hydrogens is 937 g/mol. The molecule has 0 aromatic carbocycles. The van der Waals surface area contributed by atoms with E-state index in [4.69, 9.17) is 14.2 Å². The van der Waals surface area contributed by atoms with Gasteiger partial charge in [-0.05, 0) is 89.9 Å². The molecule has 0 heterocycles. The lowest BCUT2D eigenvalue weighted by molar-refractivity contribution is -0.167. The SMILES string of the molecule is CCCCC/C=C\C/C=C\C/C=C\CCCCCCCCC(=O)OC(COC(=O)CCCCCCCCCCC/C=C\C/C=C\CCCCCCC)COC(=O)CCCCCCCCCCCCCCCCCCCC. The molecule has 0 aliphatic rings. The molecule has 0 fully saturated rings. The summed E-state index contributed by atoms with van der Waals surface area (Å²) in [5.74, 6) is -0.873. The van der Waals surface area contributed by atoms with Crippen LogP contribution in [0, 0.1) is 0 Å². The fourth-order valence-corrected chi connectivity index (χ4v) is 9.72. The first-order valence-electron chi connectivity index (χ1n) is 33.3. The molecule has 1 atom stereocenters. The molecule has 0 spiro atoms. The lowest BCUT2D eigenvalue weighted by Gasteiger charge is -2.18. The molecule has 1 unspecified atom stereocenters. The van der Waals surface area contributed by atoms with Crippen LogP contribution in [0.3, 0.4) is 0 Å². The zero-order chi connectivity index (χ0) is 55.0. The molecule has 0 aliphatic heterocycles. The summed E-state index contributed by atoms with van der Waals surface area (Å²) >= 11 is 0. The monoisotopic (exact) mass is 1060 g/mol. The average molecular weight is 1060 g/mol. The maximum atomic E-state index is 12.9. The number of esters is 3. The van der Waals surface area contributed by atoms with Gasteiger partial charge in [0.25, 0.3) is 0 Å². The van der Waals surface area contributed by atoms with Crippen LogP contribution in [0.1, 0.15) is 348 Å². The minimum absolute atomic E-state index is 0.0776. The van der Waals surface area contributed by atoms with Gasteiger partial charge in [0.1, 0.15) is 13.2 Å². The first-order valence-corrected chi connectivity index (χ1v) is 33.3. The van der Waals surface area contributed by atoms with Gasteiger partial charge >= 0.3 is 17.9 Å². The molecule has 0 bridgehead atoms. The highest BCUT2D eigenvalue weighted by Crippen LogP contribution is 2.17. The highest BCUT2D eigenvalue weighted by Gasteiger charge is 2.19. The molecule has 0 aromatic heterocycles. The number of ether oxygens (including phenoxy) is 3. The number of carbonyl (C=O) groups is 3. The molecule has 0 aliphatic carbocycles. The van der Waals surface area contributed by atoms with Crippen molar-refractivity contribution in [1.82, 2.24) is 0 Å². The lowest BCUT2D eigenvalue weighted by atomic mass is 10.0. The topological polar surface area (TPSA) is 78.9 Å². The Morgan fingerprint density at radius 1 is 0.263 bits per heavy atom. The Hall–Kier alpha value is -2.89. The van der Waals surface area contributed by atoms with Crippen molar-refractivity contribution in [3.8, 4) is 0 Å². The third-order valence-electron chi connectivity index (χ3n) is 14.7. The van der Waals surface area contributed by atoms with E-state index >= 15 is 0 Å². The third kappa shape index (κ3) is 62.0. The second-order valence-electron chi connectivity index (χ2n) is 22.4. The minimum Gasteiger partial charge on any atom is -0.462 e. The van der Waals surface area contributed by atoms with Gasteiger partial charge in [-0.2, -0.15) is 0 Å². The van der Waals surface area contributed by atoms with Gasteiger partial charge in [0.15, 0.2) is 6.10 Å². The standard InChI is InChI=1S/C70H126O6/c1-4-7-10-13-16-19-22-25-28-31-34-35-37-39-42-45-48-51-54-57-60-63-69(72)75-66-67(65-74-68(71)62-59-56-53-50-47-44-41-38-33-30-27-24-21-18-15-12-9-6-3)76-70(73)64-61-58-55-52-49-46-43-40-36-32-29-26-23-20-17-14-11-8-5-2/h17,20,22,25-26,29,31,34,36,40,67H,4-16,18-19,21,23-24,27-28,30,32-33,35,37-39,41-66H2,1-3H3/b20-17-,25-22-,29-26-,34-31-,40-36-. The van der Waals surface area contributed by atoms with E-state index in [1.807, 2.05) is 0 Å². The average Bonchev–Trinajstić information content (AvgIpc) is 3.42. The second-order valence-corrected chi connectivity index (χ2v) is 22.4. The van der Waals surface area contributed by atoms with Crippen molar-refractivity contribution in [3.05, 3.63) is 60.8 Å². The smallest absolute Gasteiger partial charge is 0.306 e. The molecule has 0 saturated carbocycles. The Kier molecular flexibility index (Phi) is 62.2. The molecule has 0 rings (SSSR count). The molecule has 0 aromatic rings. The van der Waals surface area contributed by atoms with Gasteiger partial charge in [-0.1, -0.05) is 300 Å². The van der Waals surface area contributed by atoms with Gasteiger partial charge in [0.05, 0.1) is 0 Å². The van der Waals surface area contributed by atoms with E-state index in [2.05, 4.69) is 81.5 Å². The fraction of sp³-hybridized carbons (Fsp3) is 0.814. The van der Waals surface area contributed by atoms with E-state index in [9.17, 15) is 14.4 Å². The van der Waals surface area contributed by atoms with Crippen LogP contribution in [0.4, 0.5) is 0 Å². The maximum Gasteiger partial charge on any atom is 0.306 e. The number of rotatable bonds is 61. The van der Waals surface area contributed by atoms with E-state index in [1.165, 1.54) is 218 Å². The molecule has 6 heteroatoms. The number of hydrogen-bond acceptors (Lipinski definition) is 6. The van der Waals surface area contributed by atoms with Crippen LogP contribution < -0.4 is 0 Å². The Bertz CT molecular complexity index is 1360. The van der Waals surface area contributed by atoms with Crippen LogP contribution in [0.5, 0.6) is 0 Å². The largest absolute Gasteiger partial charge is 0.462 e. The van der Waals surface area contributed by atoms with Gasteiger partial charge in [-0.25, -0.2) is 0 Å². The molecular formula is C70H126O6. The fourth-order valence-electron chi connectivity index (χ4n) is 9.72. The normalized spacial score (nSPS) is 12.4. The van der Waals surface area contributed by atoms with Crippen molar-refractivity contribution < 1.29 is 28.6 Å². The minimum atomic E-state index is -0.783. The molecule has 0 amide bonds. The Morgan fingerprint density at radius 2 is 0.474 bits per heavy atom. The van der Waals surface area contributed by atoms with Gasteiger partial charge in [0.2, 0.25) is 0 Å². The highest BCUT2D eigenvalue weighted by atomic mass is 16.6. The Morgan fingerprint density at radius 3 is 0.763 bits per heavy atom. The summed E-state index contributed by atoms with van der Waals surface area (Å²) in [5, 5.41) is 0. The second kappa shape index (κ2) is 64.6. The van der Waals surface area contributed by atoms with Gasteiger partial charge < -0.3 is 14.2 Å². The number of allylic oxidation sites excluding steroid dienone is 10. The molecule has 442 valence electrons. The molecule has 0 radical (unpaired) electrons. The summed E-state index contributed by atoms with van der Waals surface area (Å²) in [4.78, 5) is 38.4. The van der Waals surface area contributed by atoms with E-state index in [0.29, 0.717) is 19.3 Å². The third-order valence-corrected chi connectivity index (χ3v) is 14.7. The van der Waals surface area contributed by atoms with Gasteiger partial charge in [-0.3, -0.25) is 14.4 Å². The van der Waals surface area contributed by atoms with Crippen molar-refractivity contribution in [2.75, 3.05) is 13.2 Å². The Labute approximate surface area is 472 Å². The maximum absolute atomic E-state index is 12.9. The summed E-state index contributed by atoms with van der Waals surface area (Å²) in [6, 6.07) is 0. The van der Waals surface area contributed by atoms with Crippen LogP contribution in [0.2, 0.25) is 0 Å². The molecule has 76 heavy (non-hydrogen) atoms. The van der Waals surface area contributed by atoms with E-state index in [1.54, 1.807) is 0 Å². The zero-order valence-electron chi connectivity index (χ0n) is 50.8. The molecule has 0 saturated heterocycles. The first kappa shape index (κ1) is 73.1. The zero-order valence-corrected chi connectivity index (χ0v) is 50.8. The van der Waals surface area contributed by atoms with Crippen LogP contribution in [-0.2, 0) is 28.6 Å². The Balaban J connectivity index is 4.38. The molecule has 0 N–H and O–H groups in total. The lowest BCUT2D eigenvalue weighted by Crippen LogP contribution is -2.30. The first-order chi connectivity index (χ1) is 37.5. The van der Waals surface area contributed by atoms with Crippen molar-refractivity contribution in [3.63, 3.8) is 0 Å². The van der Waals surface area contributed by atoms with Crippen LogP contribution in [0.25, 0.3) is 0 Å². The summed E-state index contributed by atoms with van der Waals surface area (Å²) in [6.07, 6.45) is 82.2.